The van der Waals surface area contributed by atoms with Crippen LogP contribution in [0.2, 0.25) is 5.02 Å². The van der Waals surface area contributed by atoms with Gasteiger partial charge in [0.1, 0.15) is 5.75 Å². The molecule has 0 atom stereocenters. The van der Waals surface area contributed by atoms with Crippen molar-refractivity contribution in [3.8, 4) is 5.75 Å². The van der Waals surface area contributed by atoms with E-state index in [-0.39, 0.29) is 18.9 Å². The fourth-order valence-electron chi connectivity index (χ4n) is 2.11. The number of ether oxygens (including phenoxy) is 1. The van der Waals surface area contributed by atoms with E-state index in [1.54, 1.807) is 24.3 Å². The Bertz CT molecular complexity index is 730. The molecule has 0 heterocycles. The third kappa shape index (κ3) is 5.59. The van der Waals surface area contributed by atoms with Crippen LogP contribution in [0.4, 0.5) is 0 Å². The molecule has 2 amide bonds. The van der Waals surface area contributed by atoms with Crippen molar-refractivity contribution in [1.29, 1.82) is 0 Å². The monoisotopic (exact) mass is 346 g/mol. The van der Waals surface area contributed by atoms with Crippen LogP contribution >= 0.6 is 11.6 Å². The summed E-state index contributed by atoms with van der Waals surface area (Å²) in [5, 5.41) is 0.607. The number of carbonyl (C=O) groups is 2. The third-order valence-electron chi connectivity index (χ3n) is 3.31. The Morgan fingerprint density at radius 2 is 1.67 bits per heavy atom. The van der Waals surface area contributed by atoms with Gasteiger partial charge in [0.05, 0.1) is 6.42 Å². The molecule has 0 spiro atoms. The zero-order chi connectivity index (χ0) is 17.5. The van der Waals surface area contributed by atoms with Crippen LogP contribution < -0.4 is 15.6 Å². The van der Waals surface area contributed by atoms with E-state index in [4.69, 9.17) is 16.3 Å². The van der Waals surface area contributed by atoms with Gasteiger partial charge in [0.2, 0.25) is 5.91 Å². The molecule has 0 saturated carbocycles. The molecule has 2 N–H and O–H groups in total. The van der Waals surface area contributed by atoms with Crippen LogP contribution in [0.3, 0.4) is 0 Å². The van der Waals surface area contributed by atoms with Gasteiger partial charge in [0.25, 0.3) is 5.91 Å². The molecule has 0 unspecified atom stereocenters. The highest BCUT2D eigenvalue weighted by Gasteiger charge is 2.08. The van der Waals surface area contributed by atoms with Gasteiger partial charge in [-0.2, -0.15) is 0 Å². The molecule has 0 aliphatic rings. The Morgan fingerprint density at radius 3 is 2.33 bits per heavy atom. The first-order valence-electron chi connectivity index (χ1n) is 7.46. The van der Waals surface area contributed by atoms with Gasteiger partial charge in [0, 0.05) is 5.02 Å². The average Bonchev–Trinajstić information content (AvgIpc) is 2.54. The van der Waals surface area contributed by atoms with E-state index < -0.39 is 5.91 Å². The first kappa shape index (κ1) is 17.8. The predicted molar refractivity (Wildman–Crippen MR) is 92.9 cm³/mol. The molecule has 2 aromatic rings. The van der Waals surface area contributed by atoms with Crippen LogP contribution in [0, 0.1) is 13.8 Å². The Morgan fingerprint density at radius 1 is 1.00 bits per heavy atom. The predicted octanol–water partition coefficient (Wildman–Crippen LogP) is 2.73. The van der Waals surface area contributed by atoms with Crippen LogP contribution in [0.25, 0.3) is 0 Å². The number of hydrazine groups is 1. The minimum Gasteiger partial charge on any atom is -0.483 e. The minimum atomic E-state index is -0.431. The maximum absolute atomic E-state index is 11.8. The summed E-state index contributed by atoms with van der Waals surface area (Å²) in [5.41, 5.74) is 7.56. The number of halogens is 1. The molecular formula is C18H19ClN2O3. The maximum Gasteiger partial charge on any atom is 0.276 e. The lowest BCUT2D eigenvalue weighted by Crippen LogP contribution is -2.44. The molecule has 0 radical (unpaired) electrons. The summed E-state index contributed by atoms with van der Waals surface area (Å²) in [6.07, 6.45) is 0.148. The fraction of sp³-hybridized carbons (Fsp3) is 0.222. The van der Waals surface area contributed by atoms with Crippen LogP contribution in [-0.2, 0) is 16.0 Å². The van der Waals surface area contributed by atoms with Gasteiger partial charge in [-0.3, -0.25) is 20.4 Å². The zero-order valence-corrected chi connectivity index (χ0v) is 14.3. The largest absolute Gasteiger partial charge is 0.483 e. The van der Waals surface area contributed by atoms with Crippen molar-refractivity contribution in [1.82, 2.24) is 10.9 Å². The Kier molecular flexibility index (Phi) is 6.21. The van der Waals surface area contributed by atoms with Crippen LogP contribution in [-0.4, -0.2) is 18.4 Å². The summed E-state index contributed by atoms with van der Waals surface area (Å²) >= 11 is 5.78. The van der Waals surface area contributed by atoms with Gasteiger partial charge in [-0.15, -0.1) is 0 Å². The molecule has 24 heavy (non-hydrogen) atoms. The number of hydrogen-bond donors (Lipinski definition) is 2. The van der Waals surface area contributed by atoms with Crippen LogP contribution in [0.15, 0.2) is 42.5 Å². The van der Waals surface area contributed by atoms with Gasteiger partial charge in [-0.25, -0.2) is 0 Å². The Labute approximate surface area is 145 Å². The zero-order valence-electron chi connectivity index (χ0n) is 13.6. The van der Waals surface area contributed by atoms with E-state index in [1.165, 1.54) is 0 Å². The van der Waals surface area contributed by atoms with Crippen molar-refractivity contribution < 1.29 is 14.3 Å². The van der Waals surface area contributed by atoms with Gasteiger partial charge in [-0.05, 0) is 43.2 Å². The number of carbonyl (C=O) groups excluding carboxylic acids is 2. The van der Waals surface area contributed by atoms with Crippen LogP contribution in [0.1, 0.15) is 16.7 Å². The van der Waals surface area contributed by atoms with Crippen molar-refractivity contribution in [3.05, 3.63) is 64.2 Å². The second-order valence-corrected chi connectivity index (χ2v) is 5.89. The molecular weight excluding hydrogens is 328 g/mol. The molecule has 0 aromatic heterocycles. The van der Waals surface area contributed by atoms with E-state index in [2.05, 4.69) is 10.9 Å². The summed E-state index contributed by atoms with van der Waals surface area (Å²) < 4.78 is 5.44. The molecule has 0 aliphatic carbocycles. The number of nitrogens with one attached hydrogen (secondary N) is 2. The standard InChI is InChI=1S/C18H19ClN2O3/c1-12-3-8-16(13(2)9-12)24-11-18(23)21-20-17(22)10-14-4-6-15(19)7-5-14/h3-9H,10-11H2,1-2H3,(H,20,22)(H,21,23). The summed E-state index contributed by atoms with van der Waals surface area (Å²) in [5.74, 6) is -0.111. The van der Waals surface area contributed by atoms with Gasteiger partial charge >= 0.3 is 0 Å². The Hall–Kier alpha value is -2.53. The first-order chi connectivity index (χ1) is 11.4. The molecule has 0 aliphatic heterocycles. The normalized spacial score (nSPS) is 10.1. The van der Waals surface area contributed by atoms with Crippen molar-refractivity contribution in [2.75, 3.05) is 6.61 Å². The SMILES string of the molecule is Cc1ccc(OCC(=O)NNC(=O)Cc2ccc(Cl)cc2)c(C)c1. The molecule has 0 fully saturated rings. The lowest BCUT2D eigenvalue weighted by atomic mass is 10.1. The second-order valence-electron chi connectivity index (χ2n) is 5.46. The van der Waals surface area contributed by atoms with Crippen LogP contribution in [0.5, 0.6) is 5.75 Å². The minimum absolute atomic E-state index is 0.148. The van der Waals surface area contributed by atoms with Gasteiger partial charge in [-0.1, -0.05) is 41.4 Å². The first-order valence-corrected chi connectivity index (χ1v) is 7.84. The summed E-state index contributed by atoms with van der Waals surface area (Å²) in [4.78, 5) is 23.5. The Balaban J connectivity index is 1.74. The lowest BCUT2D eigenvalue weighted by Gasteiger charge is -2.11. The number of hydrogen-bond acceptors (Lipinski definition) is 3. The summed E-state index contributed by atoms with van der Waals surface area (Å²) in [6.45, 7) is 3.72. The van der Waals surface area contributed by atoms with E-state index in [1.807, 2.05) is 32.0 Å². The molecule has 2 aromatic carbocycles. The highest BCUT2D eigenvalue weighted by atomic mass is 35.5. The highest BCUT2D eigenvalue weighted by Crippen LogP contribution is 2.18. The highest BCUT2D eigenvalue weighted by molar-refractivity contribution is 6.30. The molecule has 0 saturated heterocycles. The maximum atomic E-state index is 11.8. The number of benzene rings is 2. The molecule has 6 heteroatoms. The average molecular weight is 347 g/mol. The van der Waals surface area contributed by atoms with E-state index in [9.17, 15) is 9.59 Å². The van der Waals surface area contributed by atoms with E-state index >= 15 is 0 Å². The smallest absolute Gasteiger partial charge is 0.276 e. The van der Waals surface area contributed by atoms with Crippen molar-refractivity contribution in [2.45, 2.75) is 20.3 Å². The van der Waals surface area contributed by atoms with Crippen molar-refractivity contribution >= 4 is 23.4 Å². The molecule has 5 nitrogen and oxygen atoms in total. The molecule has 126 valence electrons. The van der Waals surface area contributed by atoms with Gasteiger partial charge < -0.3 is 4.74 Å². The fourth-order valence-corrected chi connectivity index (χ4v) is 2.24. The van der Waals surface area contributed by atoms with E-state index in [0.717, 1.165) is 16.7 Å². The lowest BCUT2D eigenvalue weighted by molar-refractivity contribution is -0.129. The van der Waals surface area contributed by atoms with E-state index in [0.29, 0.717) is 10.8 Å². The summed E-state index contributed by atoms with van der Waals surface area (Å²) in [6, 6.07) is 12.6. The van der Waals surface area contributed by atoms with Crippen molar-refractivity contribution in [2.24, 2.45) is 0 Å². The second kappa shape index (κ2) is 8.36. The molecule has 2 rings (SSSR count). The third-order valence-corrected chi connectivity index (χ3v) is 3.56. The number of amides is 2. The van der Waals surface area contributed by atoms with Gasteiger partial charge in [0.15, 0.2) is 6.61 Å². The quantitative estimate of drug-likeness (QED) is 0.818. The summed E-state index contributed by atoms with van der Waals surface area (Å²) in [7, 11) is 0. The molecule has 0 bridgehead atoms. The topological polar surface area (TPSA) is 67.4 Å². The number of aryl methyl sites for hydroxylation is 2. The number of rotatable bonds is 5. The van der Waals surface area contributed by atoms with Crippen molar-refractivity contribution in [3.63, 3.8) is 0 Å².